The second-order valence-corrected chi connectivity index (χ2v) is 6.30. The van der Waals surface area contributed by atoms with Gasteiger partial charge in [0.15, 0.2) is 18.1 Å². The summed E-state index contributed by atoms with van der Waals surface area (Å²) in [5.41, 5.74) is 0.182. The van der Waals surface area contributed by atoms with Crippen LogP contribution in [0, 0.1) is 0 Å². The van der Waals surface area contributed by atoms with Crippen LogP contribution < -0.4 is 19.5 Å². The molecule has 0 saturated carbocycles. The number of carbonyl (C=O) groups is 3. The largest absolute Gasteiger partial charge is 0.490 e. The van der Waals surface area contributed by atoms with Crippen LogP contribution in [0.2, 0.25) is 0 Å². The number of amides is 2. The van der Waals surface area contributed by atoms with E-state index in [9.17, 15) is 23.2 Å². The second kappa shape index (κ2) is 12.2. The Hall–Kier alpha value is -3.69. The van der Waals surface area contributed by atoms with Gasteiger partial charge in [-0.15, -0.1) is 0 Å². The van der Waals surface area contributed by atoms with Gasteiger partial charge in [0.25, 0.3) is 11.8 Å². The molecule has 0 aliphatic carbocycles. The van der Waals surface area contributed by atoms with Crippen molar-refractivity contribution in [2.24, 2.45) is 0 Å². The quantitative estimate of drug-likeness (QED) is 0.521. The average Bonchev–Trinajstić information content (AvgIpc) is 2.76. The molecule has 172 valence electrons. The van der Waals surface area contributed by atoms with Crippen molar-refractivity contribution in [3.63, 3.8) is 0 Å². The Morgan fingerprint density at radius 2 is 1.62 bits per heavy atom. The predicted molar refractivity (Wildman–Crippen MR) is 109 cm³/mol. The summed E-state index contributed by atoms with van der Waals surface area (Å²) in [5.74, 6) is -1.71. The molecule has 8 nitrogen and oxygen atoms in total. The highest BCUT2D eigenvalue weighted by atomic mass is 19.3. The Morgan fingerprint density at radius 1 is 0.938 bits per heavy atom. The van der Waals surface area contributed by atoms with E-state index in [-0.39, 0.29) is 16.9 Å². The molecule has 32 heavy (non-hydrogen) atoms. The predicted octanol–water partition coefficient (Wildman–Crippen LogP) is 3.59. The van der Waals surface area contributed by atoms with Crippen molar-refractivity contribution in [2.75, 3.05) is 19.8 Å². The Bertz CT molecular complexity index is 932. The number of ether oxygens (including phenoxy) is 4. The minimum atomic E-state index is -2.99. The standard InChI is InChI=1S/C22H23F2NO7/c1-3-11-30-17-10-7-15(12-18(17)29-4-2)21(28)31-13-19(26)25-20(27)14-5-8-16(9-6-14)32-22(23)24/h5-10,12,22H,3-4,11,13H2,1-2H3,(H,25,26,27). The third-order valence-corrected chi connectivity index (χ3v) is 3.87. The molecule has 10 heteroatoms. The Morgan fingerprint density at radius 3 is 2.25 bits per heavy atom. The summed E-state index contributed by atoms with van der Waals surface area (Å²) in [6.45, 7) is 0.903. The fraction of sp³-hybridized carbons (Fsp3) is 0.318. The topological polar surface area (TPSA) is 100 Å². The van der Waals surface area contributed by atoms with E-state index < -0.39 is 31.0 Å². The van der Waals surface area contributed by atoms with Crippen LogP contribution in [0.3, 0.4) is 0 Å². The molecule has 0 heterocycles. The first-order valence-electron chi connectivity index (χ1n) is 9.79. The molecule has 2 rings (SSSR count). The lowest BCUT2D eigenvalue weighted by Gasteiger charge is -2.12. The summed E-state index contributed by atoms with van der Waals surface area (Å²) in [6.07, 6.45) is 0.802. The molecule has 2 aromatic rings. The Kier molecular flexibility index (Phi) is 9.40. The van der Waals surface area contributed by atoms with Crippen LogP contribution in [0.1, 0.15) is 41.0 Å². The van der Waals surface area contributed by atoms with Crippen molar-refractivity contribution in [3.05, 3.63) is 53.6 Å². The number of hydrogen-bond acceptors (Lipinski definition) is 7. The number of nitrogens with one attached hydrogen (secondary N) is 1. The Labute approximate surface area is 183 Å². The molecular weight excluding hydrogens is 428 g/mol. The molecule has 0 aliphatic rings. The zero-order chi connectivity index (χ0) is 23.5. The number of hydrogen-bond donors (Lipinski definition) is 1. The van der Waals surface area contributed by atoms with Gasteiger partial charge in [-0.2, -0.15) is 8.78 Å². The third kappa shape index (κ3) is 7.53. The van der Waals surface area contributed by atoms with Crippen LogP contribution >= 0.6 is 0 Å². The molecular formula is C22H23F2NO7. The average molecular weight is 451 g/mol. The first-order valence-corrected chi connectivity index (χ1v) is 9.79. The van der Waals surface area contributed by atoms with Crippen molar-refractivity contribution >= 4 is 17.8 Å². The minimum absolute atomic E-state index is 0.0373. The van der Waals surface area contributed by atoms with Gasteiger partial charge >= 0.3 is 12.6 Å². The lowest BCUT2D eigenvalue weighted by Crippen LogP contribution is -2.34. The number of carbonyl (C=O) groups excluding carboxylic acids is 3. The maximum Gasteiger partial charge on any atom is 0.387 e. The molecule has 0 unspecified atom stereocenters. The zero-order valence-corrected chi connectivity index (χ0v) is 17.6. The van der Waals surface area contributed by atoms with Crippen molar-refractivity contribution in [3.8, 4) is 17.2 Å². The van der Waals surface area contributed by atoms with Crippen LogP contribution in [0.15, 0.2) is 42.5 Å². The van der Waals surface area contributed by atoms with Crippen LogP contribution in [-0.4, -0.2) is 44.2 Å². The van der Waals surface area contributed by atoms with Gasteiger partial charge in [-0.25, -0.2) is 4.79 Å². The van der Waals surface area contributed by atoms with Gasteiger partial charge in [0.1, 0.15) is 5.75 Å². The molecule has 0 aromatic heterocycles. The maximum absolute atomic E-state index is 12.3. The first kappa shape index (κ1) is 24.6. The molecule has 0 saturated heterocycles. The van der Waals surface area contributed by atoms with E-state index in [1.165, 1.54) is 24.3 Å². The van der Waals surface area contributed by atoms with Crippen molar-refractivity contribution < 1.29 is 42.1 Å². The van der Waals surface area contributed by atoms with Crippen LogP contribution in [0.4, 0.5) is 8.78 Å². The molecule has 2 aromatic carbocycles. The molecule has 0 aliphatic heterocycles. The van der Waals surface area contributed by atoms with Crippen LogP contribution in [0.25, 0.3) is 0 Å². The fourth-order valence-electron chi connectivity index (χ4n) is 2.47. The smallest absolute Gasteiger partial charge is 0.387 e. The highest BCUT2D eigenvalue weighted by Crippen LogP contribution is 2.29. The molecule has 0 radical (unpaired) electrons. The summed E-state index contributed by atoms with van der Waals surface area (Å²) in [6, 6.07) is 9.24. The second-order valence-electron chi connectivity index (χ2n) is 6.30. The van der Waals surface area contributed by atoms with E-state index in [1.54, 1.807) is 13.0 Å². The van der Waals surface area contributed by atoms with Crippen LogP contribution in [-0.2, 0) is 9.53 Å². The van der Waals surface area contributed by atoms with Crippen molar-refractivity contribution in [2.45, 2.75) is 26.9 Å². The SMILES string of the molecule is CCCOc1ccc(C(=O)OCC(=O)NC(=O)c2ccc(OC(F)F)cc2)cc1OCC. The van der Waals surface area contributed by atoms with Gasteiger partial charge in [-0.1, -0.05) is 6.92 Å². The van der Waals surface area contributed by atoms with Gasteiger partial charge in [0.05, 0.1) is 18.8 Å². The number of imide groups is 1. The summed E-state index contributed by atoms with van der Waals surface area (Å²) in [7, 11) is 0. The van der Waals surface area contributed by atoms with E-state index in [4.69, 9.17) is 14.2 Å². The van der Waals surface area contributed by atoms with Gasteiger partial charge in [-0.05, 0) is 55.8 Å². The highest BCUT2D eigenvalue weighted by Gasteiger charge is 2.16. The number of alkyl halides is 2. The number of rotatable bonds is 11. The molecule has 1 N–H and O–H groups in total. The number of esters is 1. The molecule has 0 atom stereocenters. The summed E-state index contributed by atoms with van der Waals surface area (Å²) in [5, 5.41) is 2.04. The van der Waals surface area contributed by atoms with Crippen molar-refractivity contribution in [1.29, 1.82) is 0 Å². The molecule has 0 fully saturated rings. The zero-order valence-electron chi connectivity index (χ0n) is 17.6. The molecule has 2 amide bonds. The summed E-state index contributed by atoms with van der Waals surface area (Å²) in [4.78, 5) is 36.2. The number of halogens is 2. The Balaban J connectivity index is 1.91. The van der Waals surface area contributed by atoms with Crippen LogP contribution in [0.5, 0.6) is 17.2 Å². The van der Waals surface area contributed by atoms with Crippen molar-refractivity contribution in [1.82, 2.24) is 5.32 Å². The lowest BCUT2D eigenvalue weighted by molar-refractivity contribution is -0.123. The maximum atomic E-state index is 12.3. The van der Waals surface area contributed by atoms with Gasteiger partial charge in [0.2, 0.25) is 0 Å². The number of benzene rings is 2. The minimum Gasteiger partial charge on any atom is -0.490 e. The molecule has 0 bridgehead atoms. The van der Waals surface area contributed by atoms with E-state index >= 15 is 0 Å². The molecule has 0 spiro atoms. The van der Waals surface area contributed by atoms with Gasteiger partial charge in [-0.3, -0.25) is 14.9 Å². The third-order valence-electron chi connectivity index (χ3n) is 3.87. The highest BCUT2D eigenvalue weighted by molar-refractivity contribution is 6.05. The fourth-order valence-corrected chi connectivity index (χ4v) is 2.47. The normalized spacial score (nSPS) is 10.4. The van der Waals surface area contributed by atoms with Gasteiger partial charge < -0.3 is 18.9 Å². The van der Waals surface area contributed by atoms with E-state index in [1.807, 2.05) is 12.2 Å². The van der Waals surface area contributed by atoms with Gasteiger partial charge in [0, 0.05) is 5.56 Å². The van der Waals surface area contributed by atoms with E-state index in [2.05, 4.69) is 4.74 Å². The van der Waals surface area contributed by atoms with E-state index in [0.29, 0.717) is 24.7 Å². The first-order chi connectivity index (χ1) is 15.3. The summed E-state index contributed by atoms with van der Waals surface area (Å²) >= 11 is 0. The van der Waals surface area contributed by atoms with E-state index in [0.717, 1.165) is 18.6 Å². The monoisotopic (exact) mass is 451 g/mol. The summed E-state index contributed by atoms with van der Waals surface area (Å²) < 4.78 is 44.5. The lowest BCUT2D eigenvalue weighted by atomic mass is 10.2.